The van der Waals surface area contributed by atoms with E-state index in [1.165, 1.54) is 39.8 Å². The second-order valence-corrected chi connectivity index (χ2v) is 18.0. The minimum Gasteiger partial charge on any atom is -0.458 e. The summed E-state index contributed by atoms with van der Waals surface area (Å²) >= 11 is 0. The molecular weight excluding hydrogens is 716 g/mol. The summed E-state index contributed by atoms with van der Waals surface area (Å²) in [5, 5.41) is 55.0. The number of Topliss-reactive ketones (excluding diaryl/α,β-unsaturated/α-hetero) is 2. The Morgan fingerprint density at radius 1 is 0.839 bits per heavy atom. The van der Waals surface area contributed by atoms with Crippen LogP contribution in [0.25, 0.3) is 0 Å². The predicted molar refractivity (Wildman–Crippen MR) is 215 cm³/mol. The van der Waals surface area contributed by atoms with Gasteiger partial charge in [0.15, 0.2) is 11.6 Å². The first-order chi connectivity index (χ1) is 26.1. The van der Waals surface area contributed by atoms with Gasteiger partial charge in [0.25, 0.3) is 0 Å². The summed E-state index contributed by atoms with van der Waals surface area (Å²) in [6.45, 7) is 19.1. The van der Waals surface area contributed by atoms with Gasteiger partial charge in [-0.2, -0.15) is 0 Å². The fourth-order valence-corrected chi connectivity index (χ4v) is 9.01. The summed E-state index contributed by atoms with van der Waals surface area (Å²) < 4.78 is 20.0. The molecule has 0 amide bonds. The quantitative estimate of drug-likeness (QED) is 0.216. The summed E-state index contributed by atoms with van der Waals surface area (Å²) in [7, 11) is 0. The molecule has 0 saturated carbocycles. The molecular formula is C45H74O11. The highest BCUT2D eigenvalue weighted by molar-refractivity contribution is 5.91. The van der Waals surface area contributed by atoms with E-state index in [1.807, 2.05) is 32.1 Å². The van der Waals surface area contributed by atoms with Crippen LogP contribution in [-0.4, -0.2) is 97.2 Å². The zero-order valence-corrected chi connectivity index (χ0v) is 35.8. The first kappa shape index (κ1) is 48.1. The van der Waals surface area contributed by atoms with Crippen molar-refractivity contribution in [3.05, 3.63) is 36.5 Å². The Hall–Kier alpha value is -2.25. The molecule has 5 unspecified atom stereocenters. The Labute approximate surface area is 336 Å². The summed E-state index contributed by atoms with van der Waals surface area (Å²) in [6, 6.07) is 0. The minimum atomic E-state index is -2.18. The molecule has 2 bridgehead atoms. The maximum absolute atomic E-state index is 13.5. The van der Waals surface area contributed by atoms with Crippen molar-refractivity contribution < 1.29 is 54.1 Å². The third-order valence-corrected chi connectivity index (χ3v) is 13.4. The molecule has 3 heterocycles. The largest absolute Gasteiger partial charge is 0.458 e. The Bertz CT molecular complexity index is 1390. The molecule has 3 aliphatic rings. The smallest absolute Gasteiger partial charge is 0.330 e. The Morgan fingerprint density at radius 3 is 2.11 bits per heavy atom. The SMILES string of the molecule is CCC1/C=C\C=C/C[C@H](C)[C@@H](O)[C@](C)(O)C(=O)[C@@H](C)[C@H](O)[C@@H](C)C(=O)[C@H](C)[C@@H](O)[C@H](C)/C=C\C(=O)OC2[C@@H](C)C(CC1)OC1(CC[C@@H](C)C(C[C@H](C)O)O1)[C@@H]2C. The molecule has 1 spiro atoms. The molecule has 2 saturated heterocycles. The molecule has 3 aliphatic heterocycles. The van der Waals surface area contributed by atoms with E-state index in [-0.39, 0.29) is 35.9 Å². The number of ketones is 2. The number of carbonyl (C=O) groups is 3. The van der Waals surface area contributed by atoms with Gasteiger partial charge in [-0.1, -0.05) is 92.7 Å². The van der Waals surface area contributed by atoms with E-state index in [0.717, 1.165) is 19.3 Å². The van der Waals surface area contributed by atoms with E-state index in [1.54, 1.807) is 20.8 Å². The van der Waals surface area contributed by atoms with Crippen molar-refractivity contribution in [2.24, 2.45) is 53.3 Å². The normalized spacial score (nSPS) is 46.8. The minimum absolute atomic E-state index is 0.168. The van der Waals surface area contributed by atoms with Crippen LogP contribution in [0.2, 0.25) is 0 Å². The van der Waals surface area contributed by atoms with Gasteiger partial charge in [0.05, 0.1) is 36.6 Å². The van der Waals surface area contributed by atoms with Crippen molar-refractivity contribution in [2.75, 3.05) is 0 Å². The second-order valence-electron chi connectivity index (χ2n) is 18.0. The monoisotopic (exact) mass is 791 g/mol. The number of hydrogen-bond donors (Lipinski definition) is 5. The van der Waals surface area contributed by atoms with Crippen molar-refractivity contribution in [3.8, 4) is 0 Å². The van der Waals surface area contributed by atoms with Gasteiger partial charge in [-0.25, -0.2) is 4.79 Å². The molecule has 0 aromatic heterocycles. The highest BCUT2D eigenvalue weighted by Crippen LogP contribution is 2.49. The van der Waals surface area contributed by atoms with E-state index < -0.39 is 89.0 Å². The standard InChI is InChI=1S/C45H74O11/c1-12-34-17-15-13-14-16-27(4)42(51)44(11,53)43(52)32(9)40(50)31(8)39(49)30(7)38(48)26(3)18-21-37(47)54-41-29(6)35(20-19-34)55-45(33(41)10)23-22-25(2)36(56-45)24-28(5)46/h13-15,17-18,21,25-36,38,40-42,46,48,50-51,53H,12,16,19-20,22-24H2,1-11H3/b14-13-,17-15-,21-18-/t25-,26-,27+,28+,29+,30-,31+,32+,33-,34?,35?,36?,38+,40-,41?,42-,44+,45?/m1/s1. The number of allylic oxidation sites excluding steroid dienone is 4. The van der Waals surface area contributed by atoms with Crippen molar-refractivity contribution in [1.29, 1.82) is 0 Å². The van der Waals surface area contributed by atoms with Crippen LogP contribution >= 0.6 is 0 Å². The topological polar surface area (TPSA) is 180 Å². The van der Waals surface area contributed by atoms with Gasteiger partial charge in [0.1, 0.15) is 17.5 Å². The number of carbonyl (C=O) groups excluding carboxylic acids is 3. The first-order valence-electron chi connectivity index (χ1n) is 21.2. The van der Waals surface area contributed by atoms with E-state index in [4.69, 9.17) is 14.2 Å². The van der Waals surface area contributed by atoms with Crippen LogP contribution in [0.15, 0.2) is 36.5 Å². The van der Waals surface area contributed by atoms with Gasteiger partial charge >= 0.3 is 5.97 Å². The van der Waals surface area contributed by atoms with Crippen LogP contribution < -0.4 is 0 Å². The molecule has 0 aromatic carbocycles. The summed E-state index contributed by atoms with van der Waals surface area (Å²) in [5.74, 6) is -7.28. The Morgan fingerprint density at radius 2 is 1.48 bits per heavy atom. The number of fused-ring (bicyclic) bond motifs is 2. The van der Waals surface area contributed by atoms with Crippen molar-refractivity contribution in [1.82, 2.24) is 0 Å². The van der Waals surface area contributed by atoms with Gasteiger partial charge in [0, 0.05) is 48.0 Å². The predicted octanol–water partition coefficient (Wildman–Crippen LogP) is 5.88. The third kappa shape index (κ3) is 11.5. The van der Waals surface area contributed by atoms with Crippen LogP contribution in [0.4, 0.5) is 0 Å². The van der Waals surface area contributed by atoms with Crippen LogP contribution in [0.1, 0.15) is 121 Å². The fraction of sp³-hybridized carbons (Fsp3) is 0.800. The summed E-state index contributed by atoms with van der Waals surface area (Å²) in [4.78, 5) is 40.5. The molecule has 0 radical (unpaired) electrons. The van der Waals surface area contributed by atoms with Gasteiger partial charge in [-0.3, -0.25) is 9.59 Å². The molecule has 0 aliphatic carbocycles. The van der Waals surface area contributed by atoms with E-state index >= 15 is 0 Å². The van der Waals surface area contributed by atoms with Gasteiger partial charge < -0.3 is 39.7 Å². The Balaban J connectivity index is 1.99. The molecule has 2 fully saturated rings. The number of aliphatic hydroxyl groups excluding tert-OH is 4. The van der Waals surface area contributed by atoms with E-state index in [9.17, 15) is 39.9 Å². The zero-order chi connectivity index (χ0) is 42.3. The van der Waals surface area contributed by atoms with Crippen LogP contribution in [0.5, 0.6) is 0 Å². The highest BCUT2D eigenvalue weighted by atomic mass is 16.7. The zero-order valence-electron chi connectivity index (χ0n) is 35.8. The number of esters is 1. The molecule has 11 heteroatoms. The van der Waals surface area contributed by atoms with Gasteiger partial charge in [-0.05, 0) is 70.1 Å². The van der Waals surface area contributed by atoms with Crippen LogP contribution in [-0.2, 0) is 28.6 Å². The number of hydrogen-bond acceptors (Lipinski definition) is 11. The maximum Gasteiger partial charge on any atom is 0.330 e. The molecule has 18 atom stereocenters. The Kier molecular flexibility index (Phi) is 17.7. The first-order valence-corrected chi connectivity index (χ1v) is 21.2. The van der Waals surface area contributed by atoms with Gasteiger partial charge in [-0.15, -0.1) is 0 Å². The van der Waals surface area contributed by atoms with Crippen molar-refractivity contribution in [2.45, 2.75) is 175 Å². The molecule has 0 aromatic rings. The average Bonchev–Trinajstić information content (AvgIpc) is 3.16. The van der Waals surface area contributed by atoms with Crippen molar-refractivity contribution in [3.63, 3.8) is 0 Å². The van der Waals surface area contributed by atoms with E-state index in [2.05, 4.69) is 19.9 Å². The lowest BCUT2D eigenvalue weighted by atomic mass is 9.74. The highest BCUT2D eigenvalue weighted by Gasteiger charge is 2.56. The fourth-order valence-electron chi connectivity index (χ4n) is 9.01. The maximum atomic E-state index is 13.5. The lowest BCUT2D eigenvalue weighted by Crippen LogP contribution is -2.62. The van der Waals surface area contributed by atoms with Crippen molar-refractivity contribution >= 4 is 17.5 Å². The number of aliphatic hydroxyl groups is 5. The molecule has 11 nitrogen and oxygen atoms in total. The number of rotatable bonds is 3. The lowest BCUT2D eigenvalue weighted by Gasteiger charge is -2.55. The van der Waals surface area contributed by atoms with Crippen LogP contribution in [0.3, 0.4) is 0 Å². The summed E-state index contributed by atoms with van der Waals surface area (Å²) in [6.07, 6.45) is 9.62. The molecule has 320 valence electrons. The summed E-state index contributed by atoms with van der Waals surface area (Å²) in [5.41, 5.74) is -2.18. The van der Waals surface area contributed by atoms with Gasteiger partial charge in [0.2, 0.25) is 0 Å². The van der Waals surface area contributed by atoms with Crippen LogP contribution in [0, 0.1) is 53.3 Å². The average molecular weight is 791 g/mol. The third-order valence-electron chi connectivity index (χ3n) is 13.4. The lowest BCUT2D eigenvalue weighted by molar-refractivity contribution is -0.371. The second kappa shape index (κ2) is 20.6. The molecule has 56 heavy (non-hydrogen) atoms. The molecule has 3 rings (SSSR count). The number of ether oxygens (including phenoxy) is 3. The van der Waals surface area contributed by atoms with E-state index in [0.29, 0.717) is 25.7 Å². The molecule has 5 N–H and O–H groups in total.